The Morgan fingerprint density at radius 1 is 1.15 bits per heavy atom. The molecule has 0 unspecified atom stereocenters. The molecule has 1 saturated heterocycles. The zero-order chi connectivity index (χ0) is 33.4. The van der Waals surface area contributed by atoms with E-state index in [1.807, 2.05) is 33.8 Å². The van der Waals surface area contributed by atoms with E-state index in [4.69, 9.17) is 15.2 Å². The molecule has 4 fully saturated rings. The van der Waals surface area contributed by atoms with E-state index in [9.17, 15) is 30.3 Å². The van der Waals surface area contributed by atoms with Crippen LogP contribution in [0, 0.1) is 40.4 Å². The van der Waals surface area contributed by atoms with E-state index in [2.05, 4.69) is 18.3 Å². The topological polar surface area (TPSA) is 175 Å². The fourth-order valence-electron chi connectivity index (χ4n) is 10.7. The summed E-state index contributed by atoms with van der Waals surface area (Å²) in [5.74, 6) is -0.400. The second kappa shape index (κ2) is 12.0. The highest BCUT2D eigenvalue weighted by molar-refractivity contribution is 5.95. The van der Waals surface area contributed by atoms with Crippen LogP contribution in [0.4, 0.5) is 0 Å². The van der Waals surface area contributed by atoms with E-state index in [1.54, 1.807) is 6.08 Å². The van der Waals surface area contributed by atoms with Crippen LogP contribution >= 0.6 is 0 Å². The number of carbonyl (C=O) groups excluding carboxylic acids is 1. The van der Waals surface area contributed by atoms with Crippen molar-refractivity contribution in [1.82, 2.24) is 5.32 Å². The molecule has 4 aliphatic carbocycles. The first-order chi connectivity index (χ1) is 21.6. The van der Waals surface area contributed by atoms with Crippen molar-refractivity contribution >= 4 is 5.78 Å². The summed E-state index contributed by atoms with van der Waals surface area (Å²) in [7, 11) is 0. The molecular weight excluding hydrogens is 588 g/mol. The first-order valence-electron chi connectivity index (χ1n) is 17.5. The molecule has 13 atom stereocenters. The largest absolute Gasteiger partial charge is 0.396 e. The van der Waals surface area contributed by atoms with Gasteiger partial charge in [-0.3, -0.25) is 4.79 Å². The second-order valence-electron chi connectivity index (χ2n) is 16.2. The van der Waals surface area contributed by atoms with Crippen molar-refractivity contribution in [3.63, 3.8) is 0 Å². The molecule has 8 N–H and O–H groups in total. The lowest BCUT2D eigenvalue weighted by Gasteiger charge is -2.60. The third-order valence-corrected chi connectivity index (χ3v) is 13.6. The summed E-state index contributed by atoms with van der Waals surface area (Å²) in [6.07, 6.45) is 5.03. The Hall–Kier alpha value is -1.79. The minimum atomic E-state index is -1.54. The average Bonchev–Trinajstić information content (AvgIpc) is 3.40. The monoisotopic (exact) mass is 644 g/mol. The molecular formula is C36H56N2O8. The molecule has 0 aromatic heterocycles. The SMILES string of the molecule is CC(C)[C@H](C)[C@H](O)[C@@H]1O[C@H]2C[C@@]3(O)C4=CC(=O)[C@@H]5C[C@@H](OCCC6=CCNC(N)=C6)[C@@H](O)C[C@]5(C)[C@H]4CC[C@]3(C)[C@H]2[C@]1(O)CCO. The number of aliphatic hydroxyl groups excluding tert-OH is 3. The number of carbonyl (C=O) groups is 1. The highest BCUT2D eigenvalue weighted by atomic mass is 16.5. The van der Waals surface area contributed by atoms with Crippen LogP contribution in [0.5, 0.6) is 0 Å². The third kappa shape index (κ3) is 5.04. The quantitative estimate of drug-likeness (QED) is 0.197. The molecule has 0 amide bonds. The lowest BCUT2D eigenvalue weighted by molar-refractivity contribution is -0.185. The van der Waals surface area contributed by atoms with Crippen LogP contribution in [0.2, 0.25) is 0 Å². The van der Waals surface area contributed by atoms with Gasteiger partial charge in [-0.05, 0) is 78.6 Å². The van der Waals surface area contributed by atoms with Crippen LogP contribution in [0.3, 0.4) is 0 Å². The Kier molecular flexibility index (Phi) is 8.87. The lowest BCUT2D eigenvalue weighted by Crippen LogP contribution is -2.63. The van der Waals surface area contributed by atoms with E-state index in [-0.39, 0.29) is 48.9 Å². The number of nitrogens with two attached hydrogens (primary N) is 1. The number of ketones is 1. The number of allylic oxidation sites excluding steroid dienone is 2. The van der Waals surface area contributed by atoms with Gasteiger partial charge in [-0.25, -0.2) is 0 Å². The molecule has 6 rings (SSSR count). The van der Waals surface area contributed by atoms with Gasteiger partial charge in [-0.2, -0.15) is 0 Å². The predicted molar refractivity (Wildman–Crippen MR) is 172 cm³/mol. The summed E-state index contributed by atoms with van der Waals surface area (Å²) in [5.41, 5.74) is 3.30. The molecule has 2 heterocycles. The highest BCUT2D eigenvalue weighted by Gasteiger charge is 2.76. The fourth-order valence-corrected chi connectivity index (χ4v) is 10.7. The van der Waals surface area contributed by atoms with Gasteiger partial charge in [0, 0.05) is 43.2 Å². The molecule has 0 aromatic rings. The number of nitrogens with one attached hydrogen (secondary N) is 1. The second-order valence-corrected chi connectivity index (χ2v) is 16.2. The van der Waals surface area contributed by atoms with Crippen LogP contribution in [0.15, 0.2) is 35.2 Å². The van der Waals surface area contributed by atoms with E-state index in [1.165, 1.54) is 0 Å². The molecule has 258 valence electrons. The Bertz CT molecular complexity index is 1300. The van der Waals surface area contributed by atoms with Crippen LogP contribution in [0.25, 0.3) is 0 Å². The van der Waals surface area contributed by atoms with E-state index in [0.29, 0.717) is 56.6 Å². The zero-order valence-electron chi connectivity index (χ0n) is 28.1. The molecule has 6 aliphatic rings. The van der Waals surface area contributed by atoms with E-state index >= 15 is 0 Å². The van der Waals surface area contributed by atoms with Gasteiger partial charge < -0.3 is 46.1 Å². The maximum absolute atomic E-state index is 14.0. The minimum Gasteiger partial charge on any atom is -0.396 e. The summed E-state index contributed by atoms with van der Waals surface area (Å²) in [6.45, 7) is 10.9. The molecule has 46 heavy (non-hydrogen) atoms. The van der Waals surface area contributed by atoms with Crippen LogP contribution in [0.1, 0.15) is 79.6 Å². The first kappa shape index (κ1) is 34.1. The van der Waals surface area contributed by atoms with Crippen LogP contribution < -0.4 is 11.1 Å². The van der Waals surface area contributed by atoms with E-state index < -0.39 is 58.5 Å². The highest BCUT2D eigenvalue weighted by Crippen LogP contribution is 2.71. The Morgan fingerprint density at radius 2 is 1.89 bits per heavy atom. The molecule has 0 radical (unpaired) electrons. The van der Waals surface area contributed by atoms with Gasteiger partial charge in [0.2, 0.25) is 0 Å². The Labute approximate surface area is 273 Å². The van der Waals surface area contributed by atoms with Crippen LogP contribution in [-0.2, 0) is 14.3 Å². The number of hydrogen-bond donors (Lipinski definition) is 7. The molecule has 10 nitrogen and oxygen atoms in total. The summed E-state index contributed by atoms with van der Waals surface area (Å²) >= 11 is 0. The average molecular weight is 645 g/mol. The van der Waals surface area contributed by atoms with E-state index in [0.717, 1.165) is 5.57 Å². The Balaban J connectivity index is 1.24. The van der Waals surface area contributed by atoms with Crippen molar-refractivity contribution in [3.8, 4) is 0 Å². The van der Waals surface area contributed by atoms with Crippen molar-refractivity contribution in [2.45, 2.75) is 121 Å². The van der Waals surface area contributed by atoms with Gasteiger partial charge in [-0.1, -0.05) is 40.7 Å². The maximum Gasteiger partial charge on any atom is 0.159 e. The molecule has 0 spiro atoms. The normalized spacial score (nSPS) is 46.3. The standard InChI is InChI=1S/C36H56N2O8/c1-19(2)20(3)30(42)32-35(43,10-12-39)31-28(46-32)18-36(44)23-15-25(40)24-16-27(45-13-8-21-7-11-38-29(37)14-21)26(41)17-33(24,4)22(23)6-9-34(31,36)5/h7,14-15,19-20,22,24,26-28,30-32,38-39,41-44H,6,8-13,16-18,37H2,1-5H3/t20-,22-,24-,26-,27+,28-,30-,31-,32-,33+,34+,35+,36+/m0/s1. The molecule has 10 heteroatoms. The number of hydrogen-bond acceptors (Lipinski definition) is 10. The van der Waals surface area contributed by atoms with Crippen molar-refractivity contribution in [2.75, 3.05) is 19.8 Å². The number of ether oxygens (including phenoxy) is 2. The van der Waals surface area contributed by atoms with Gasteiger partial charge in [0.05, 0.1) is 42.4 Å². The van der Waals surface area contributed by atoms with Crippen molar-refractivity contribution in [3.05, 3.63) is 35.2 Å². The smallest absolute Gasteiger partial charge is 0.159 e. The van der Waals surface area contributed by atoms with Crippen molar-refractivity contribution < 1.29 is 39.8 Å². The first-order valence-corrected chi connectivity index (χ1v) is 17.5. The van der Waals surface area contributed by atoms with Crippen LogP contribution in [-0.4, -0.2) is 92.8 Å². The lowest BCUT2D eigenvalue weighted by atomic mass is 9.45. The Morgan fingerprint density at radius 3 is 2.57 bits per heavy atom. The fraction of sp³-hybridized carbons (Fsp3) is 0.806. The number of aliphatic hydroxyl groups is 5. The molecule has 2 aliphatic heterocycles. The van der Waals surface area contributed by atoms with Crippen molar-refractivity contribution in [2.24, 2.45) is 46.2 Å². The van der Waals surface area contributed by atoms with Crippen molar-refractivity contribution in [1.29, 1.82) is 0 Å². The zero-order valence-corrected chi connectivity index (χ0v) is 28.1. The van der Waals surface area contributed by atoms with Gasteiger partial charge in [-0.15, -0.1) is 0 Å². The minimum absolute atomic E-state index is 0.0268. The summed E-state index contributed by atoms with van der Waals surface area (Å²) in [6, 6.07) is 0. The van der Waals surface area contributed by atoms with Gasteiger partial charge in [0.25, 0.3) is 0 Å². The molecule has 0 bridgehead atoms. The number of rotatable bonds is 9. The number of dihydropyridines is 1. The molecule has 3 saturated carbocycles. The van der Waals surface area contributed by atoms with Gasteiger partial charge in [0.1, 0.15) is 11.7 Å². The van der Waals surface area contributed by atoms with Gasteiger partial charge >= 0.3 is 0 Å². The number of fused-ring (bicyclic) bond motifs is 7. The summed E-state index contributed by atoms with van der Waals surface area (Å²) in [4.78, 5) is 14.0. The maximum atomic E-state index is 14.0. The summed E-state index contributed by atoms with van der Waals surface area (Å²) < 4.78 is 12.7. The molecule has 0 aromatic carbocycles. The third-order valence-electron chi connectivity index (χ3n) is 13.6. The summed E-state index contributed by atoms with van der Waals surface area (Å²) in [5, 5.41) is 61.0. The van der Waals surface area contributed by atoms with Gasteiger partial charge in [0.15, 0.2) is 5.78 Å². The predicted octanol–water partition coefficient (Wildman–Crippen LogP) is 2.08.